The van der Waals surface area contributed by atoms with Gasteiger partial charge in [0, 0.05) is 5.70 Å². The van der Waals surface area contributed by atoms with E-state index in [0.717, 1.165) is 21.2 Å². The maximum Gasteiger partial charge on any atom is 0.234 e. The molecule has 26 heavy (non-hydrogen) atoms. The molecule has 6 heteroatoms. The molecule has 1 N–H and O–H groups in total. The smallest absolute Gasteiger partial charge is 0.234 e. The number of nitrogens with zero attached hydrogens (tertiary/aromatic N) is 2. The molecule has 1 amide bonds. The van der Waals surface area contributed by atoms with Crippen LogP contribution in [-0.2, 0) is 4.79 Å². The maximum atomic E-state index is 12.3. The number of allylic oxidation sites excluding steroid dienone is 15. The van der Waals surface area contributed by atoms with Gasteiger partial charge in [0.05, 0.1) is 10.6 Å². The molecule has 0 saturated carbocycles. The Bertz CT molecular complexity index is 896. The van der Waals surface area contributed by atoms with Crippen LogP contribution in [0.5, 0.6) is 0 Å². The lowest BCUT2D eigenvalue weighted by molar-refractivity contribution is -0.117. The Hall–Kier alpha value is -2.70. The summed E-state index contributed by atoms with van der Waals surface area (Å²) in [5.41, 5.74) is 1.79. The standard InChI is InChI=1S/C20H17N3OS2/c24-18(21-17-13-9-5-2-6-10-14-17)15-25-20-19(26-23-22-20)16-11-7-3-1-4-8-12-16/h1-14H,15H2,(H,21,24). The van der Waals surface area contributed by atoms with E-state index in [-0.39, 0.29) is 11.7 Å². The molecule has 1 aromatic heterocycles. The summed E-state index contributed by atoms with van der Waals surface area (Å²) < 4.78 is 4.05. The molecule has 0 bridgehead atoms. The molecular formula is C20H17N3OS2. The summed E-state index contributed by atoms with van der Waals surface area (Å²) >= 11 is 2.72. The first-order valence-corrected chi connectivity index (χ1v) is 9.77. The number of carbonyl (C=O) groups is 1. The van der Waals surface area contributed by atoms with E-state index in [2.05, 4.69) is 14.9 Å². The third-order valence-corrected chi connectivity index (χ3v) is 5.21. The van der Waals surface area contributed by atoms with Gasteiger partial charge in [0.2, 0.25) is 5.91 Å². The van der Waals surface area contributed by atoms with E-state index in [1.54, 1.807) is 0 Å². The summed E-state index contributed by atoms with van der Waals surface area (Å²) in [5, 5.41) is 7.85. The summed E-state index contributed by atoms with van der Waals surface area (Å²) in [7, 11) is 0. The largest absolute Gasteiger partial charge is 0.325 e. The molecule has 2 aliphatic rings. The van der Waals surface area contributed by atoms with Crippen LogP contribution >= 0.6 is 23.3 Å². The average Bonchev–Trinajstić information content (AvgIpc) is 3.03. The molecule has 0 unspecified atom stereocenters. The predicted octanol–water partition coefficient (Wildman–Crippen LogP) is 4.38. The summed E-state index contributed by atoms with van der Waals surface area (Å²) in [4.78, 5) is 13.2. The van der Waals surface area contributed by atoms with E-state index in [9.17, 15) is 4.79 Å². The van der Waals surface area contributed by atoms with Gasteiger partial charge in [-0.25, -0.2) is 0 Å². The van der Waals surface area contributed by atoms with Gasteiger partial charge in [-0.05, 0) is 29.3 Å². The molecule has 0 spiro atoms. The third kappa shape index (κ3) is 5.40. The zero-order valence-electron chi connectivity index (χ0n) is 13.9. The van der Waals surface area contributed by atoms with E-state index >= 15 is 0 Å². The van der Waals surface area contributed by atoms with E-state index in [1.807, 2.05) is 85.1 Å². The van der Waals surface area contributed by atoms with Crippen molar-refractivity contribution in [3.8, 4) is 0 Å². The summed E-state index contributed by atoms with van der Waals surface area (Å²) in [5.74, 6) is 0.198. The molecule has 1 aromatic rings. The van der Waals surface area contributed by atoms with Gasteiger partial charge in [-0.2, -0.15) is 0 Å². The van der Waals surface area contributed by atoms with Gasteiger partial charge >= 0.3 is 0 Å². The lowest BCUT2D eigenvalue weighted by Crippen LogP contribution is -2.23. The van der Waals surface area contributed by atoms with E-state index in [4.69, 9.17) is 0 Å². The normalized spacial score (nSPS) is 15.7. The number of amides is 1. The highest BCUT2D eigenvalue weighted by Gasteiger charge is 2.13. The first kappa shape index (κ1) is 18.1. The fourth-order valence-electron chi connectivity index (χ4n) is 2.15. The fourth-order valence-corrected chi connectivity index (χ4v) is 3.74. The van der Waals surface area contributed by atoms with Gasteiger partial charge in [-0.15, -0.1) is 5.10 Å². The van der Waals surface area contributed by atoms with Crippen molar-refractivity contribution in [2.24, 2.45) is 0 Å². The van der Waals surface area contributed by atoms with E-state index in [1.165, 1.54) is 23.3 Å². The summed E-state index contributed by atoms with van der Waals surface area (Å²) in [6, 6.07) is 0. The fraction of sp³-hybridized carbons (Fsp3) is 0.0500. The van der Waals surface area contributed by atoms with Crippen molar-refractivity contribution in [3.63, 3.8) is 0 Å². The summed E-state index contributed by atoms with van der Waals surface area (Å²) in [6.07, 6.45) is 27.2. The van der Waals surface area contributed by atoms with Gasteiger partial charge in [0.15, 0.2) is 0 Å². The van der Waals surface area contributed by atoms with Crippen molar-refractivity contribution in [2.75, 3.05) is 5.75 Å². The number of nitrogens with one attached hydrogen (secondary N) is 1. The second-order valence-electron chi connectivity index (χ2n) is 5.25. The van der Waals surface area contributed by atoms with E-state index < -0.39 is 0 Å². The molecule has 2 aliphatic carbocycles. The molecule has 0 saturated heterocycles. The minimum atomic E-state index is -0.0761. The monoisotopic (exact) mass is 379 g/mol. The lowest BCUT2D eigenvalue weighted by atomic mass is 10.1. The van der Waals surface area contributed by atoms with Gasteiger partial charge in [-0.1, -0.05) is 89.2 Å². The van der Waals surface area contributed by atoms with Crippen molar-refractivity contribution in [2.45, 2.75) is 5.03 Å². The Morgan fingerprint density at radius 2 is 1.62 bits per heavy atom. The first-order chi connectivity index (χ1) is 12.8. The lowest BCUT2D eigenvalue weighted by Gasteiger charge is -2.06. The molecule has 3 rings (SSSR count). The number of hydrogen-bond donors (Lipinski definition) is 1. The van der Waals surface area contributed by atoms with Crippen molar-refractivity contribution < 1.29 is 4.79 Å². The zero-order valence-corrected chi connectivity index (χ0v) is 15.5. The maximum absolute atomic E-state index is 12.3. The Morgan fingerprint density at radius 3 is 2.46 bits per heavy atom. The first-order valence-electron chi connectivity index (χ1n) is 8.02. The number of thioether (sulfide) groups is 1. The van der Waals surface area contributed by atoms with Crippen LogP contribution in [0.15, 0.2) is 95.8 Å². The van der Waals surface area contributed by atoms with Gasteiger partial charge in [-0.3, -0.25) is 4.79 Å². The van der Waals surface area contributed by atoms with Crippen LogP contribution in [0, 0.1) is 0 Å². The van der Waals surface area contributed by atoms with Crippen LogP contribution in [0.3, 0.4) is 0 Å². The Labute approximate surface area is 160 Å². The molecule has 0 atom stereocenters. The van der Waals surface area contributed by atoms with Crippen LogP contribution < -0.4 is 5.32 Å². The SMILES string of the molecule is O=C(CSc1nnsc1C1=CC=CC=CC=C1)NC1=CC=CC=CC=C1. The predicted molar refractivity (Wildman–Crippen MR) is 110 cm³/mol. The van der Waals surface area contributed by atoms with Crippen molar-refractivity contribution >= 4 is 34.8 Å². The van der Waals surface area contributed by atoms with Crippen LogP contribution in [-0.4, -0.2) is 21.2 Å². The van der Waals surface area contributed by atoms with Crippen molar-refractivity contribution in [1.82, 2.24) is 14.9 Å². The molecular weight excluding hydrogens is 362 g/mol. The second-order valence-corrected chi connectivity index (χ2v) is 6.96. The molecule has 1 heterocycles. The number of carbonyl (C=O) groups excluding carboxylic acids is 1. The Morgan fingerprint density at radius 1 is 0.923 bits per heavy atom. The highest BCUT2D eigenvalue weighted by Crippen LogP contribution is 2.30. The van der Waals surface area contributed by atoms with Crippen molar-refractivity contribution in [3.05, 3.63) is 95.6 Å². The van der Waals surface area contributed by atoms with Crippen molar-refractivity contribution in [1.29, 1.82) is 0 Å². The van der Waals surface area contributed by atoms with Crippen LogP contribution in [0.2, 0.25) is 0 Å². The van der Waals surface area contributed by atoms with E-state index in [0.29, 0.717) is 0 Å². The van der Waals surface area contributed by atoms with Crippen LogP contribution in [0.1, 0.15) is 4.88 Å². The zero-order chi connectivity index (χ0) is 18.0. The number of aromatic nitrogens is 2. The topological polar surface area (TPSA) is 54.9 Å². The van der Waals surface area contributed by atoms with Gasteiger partial charge in [0.1, 0.15) is 5.03 Å². The minimum absolute atomic E-state index is 0.0761. The molecule has 0 aliphatic heterocycles. The highest BCUT2D eigenvalue weighted by atomic mass is 32.2. The molecule has 130 valence electrons. The molecule has 4 nitrogen and oxygen atoms in total. The molecule has 0 radical (unpaired) electrons. The molecule has 0 fully saturated rings. The van der Waals surface area contributed by atoms with Crippen LogP contribution in [0.25, 0.3) is 5.57 Å². The quantitative estimate of drug-likeness (QED) is 0.772. The Balaban J connectivity index is 1.62. The third-order valence-electron chi connectivity index (χ3n) is 3.34. The number of rotatable bonds is 5. The second kappa shape index (κ2) is 9.70. The Kier molecular flexibility index (Phi) is 6.75. The highest BCUT2D eigenvalue weighted by molar-refractivity contribution is 8.00. The average molecular weight is 380 g/mol. The number of hydrogen-bond acceptors (Lipinski definition) is 5. The van der Waals surface area contributed by atoms with Gasteiger partial charge < -0.3 is 5.32 Å². The van der Waals surface area contributed by atoms with Crippen LogP contribution in [0.4, 0.5) is 0 Å². The minimum Gasteiger partial charge on any atom is -0.325 e. The molecule has 0 aromatic carbocycles. The van der Waals surface area contributed by atoms with Gasteiger partial charge in [0.25, 0.3) is 0 Å². The summed E-state index contributed by atoms with van der Waals surface area (Å²) in [6.45, 7) is 0.